The summed E-state index contributed by atoms with van der Waals surface area (Å²) in [4.78, 5) is 17.6. The van der Waals surface area contributed by atoms with E-state index in [1.54, 1.807) is 0 Å². The van der Waals surface area contributed by atoms with E-state index in [4.69, 9.17) is 9.15 Å². The largest absolute Gasteiger partial charge is 1.00 e. The van der Waals surface area contributed by atoms with Gasteiger partial charge in [-0.3, -0.25) is 4.79 Å². The van der Waals surface area contributed by atoms with Crippen molar-refractivity contribution in [2.45, 2.75) is 51.4 Å². The molecule has 43 heavy (non-hydrogen) atoms. The Morgan fingerprint density at radius 2 is 1.56 bits per heavy atom. The van der Waals surface area contributed by atoms with Gasteiger partial charge in [0, 0.05) is 19.2 Å². The van der Waals surface area contributed by atoms with Crippen molar-refractivity contribution in [2.75, 3.05) is 64.3 Å². The van der Waals surface area contributed by atoms with Crippen LogP contribution in [0, 0.1) is 0 Å². The summed E-state index contributed by atoms with van der Waals surface area (Å²) in [5.41, 5.74) is 4.87. The summed E-state index contributed by atoms with van der Waals surface area (Å²) in [7, 11) is 2.09. The third kappa shape index (κ3) is 7.72. The number of carbonyl (C=O) groups excluding carboxylic acids is 1. The van der Waals surface area contributed by atoms with Crippen molar-refractivity contribution in [3.05, 3.63) is 42.5 Å². The molecule has 1 amide bonds. The zero-order valence-corrected chi connectivity index (χ0v) is 27.7. The van der Waals surface area contributed by atoms with Crippen molar-refractivity contribution < 1.29 is 42.5 Å². The number of carbonyl (C=O) groups is 1. The number of nitrogens with one attached hydrogen (secondary N) is 2. The number of piperidine rings is 2. The fraction of sp³-hybridized carbons (Fsp3) is 0.529. The maximum absolute atomic E-state index is 12.5. The molecule has 2 aliphatic rings. The Balaban J connectivity index is 0.00000368. The monoisotopic (exact) mass is 699 g/mol. The predicted molar refractivity (Wildman–Crippen MR) is 169 cm³/mol. The number of likely N-dealkylation sites (tertiary alicyclic amines) is 2. The Hall–Kier alpha value is -2.63. The molecular weight excluding hydrogens is 653 g/mol. The van der Waals surface area contributed by atoms with Gasteiger partial charge in [-0.05, 0) is 102 Å². The van der Waals surface area contributed by atoms with E-state index in [2.05, 4.69) is 56.3 Å². The van der Waals surface area contributed by atoms with Gasteiger partial charge in [0.2, 0.25) is 11.1 Å². The van der Waals surface area contributed by atoms with E-state index in [9.17, 15) is 4.79 Å². The number of pyridine rings is 1. The molecule has 0 radical (unpaired) electrons. The fourth-order valence-electron chi connectivity index (χ4n) is 6.66. The molecule has 2 fully saturated rings. The molecule has 2 saturated heterocycles. The number of benzene rings is 2. The molecule has 0 saturated carbocycles. The van der Waals surface area contributed by atoms with Crippen molar-refractivity contribution in [1.29, 1.82) is 0 Å². The van der Waals surface area contributed by atoms with Crippen molar-refractivity contribution in [2.24, 2.45) is 7.05 Å². The molecular formula is C34H46IN5O3. The second-order valence-corrected chi connectivity index (χ2v) is 12.0. The maximum atomic E-state index is 12.5. The highest BCUT2D eigenvalue weighted by molar-refractivity contribution is 6.11. The maximum Gasteiger partial charge on any atom is 0.261 e. The summed E-state index contributed by atoms with van der Waals surface area (Å²) < 4.78 is 14.6. The van der Waals surface area contributed by atoms with E-state index in [1.165, 1.54) is 64.7 Å². The van der Waals surface area contributed by atoms with E-state index in [0.29, 0.717) is 12.3 Å². The highest BCUT2D eigenvalue weighted by Crippen LogP contribution is 2.37. The number of aryl methyl sites for hydroxylation is 1. The zero-order chi connectivity index (χ0) is 28.7. The molecule has 0 atom stereocenters. The van der Waals surface area contributed by atoms with Crippen LogP contribution in [0.1, 0.15) is 51.4 Å². The third-order valence-corrected chi connectivity index (χ3v) is 8.92. The van der Waals surface area contributed by atoms with E-state index < -0.39 is 0 Å². The van der Waals surface area contributed by atoms with Crippen LogP contribution >= 0.6 is 0 Å². The number of hydrogen-bond acceptors (Lipinski definition) is 6. The number of amides is 1. The number of nitrogens with zero attached hydrogens (tertiary/aromatic N) is 3. The van der Waals surface area contributed by atoms with Crippen molar-refractivity contribution >= 4 is 44.6 Å². The molecule has 8 nitrogen and oxygen atoms in total. The van der Waals surface area contributed by atoms with Crippen LogP contribution in [0.15, 0.2) is 46.9 Å². The second kappa shape index (κ2) is 15.4. The van der Waals surface area contributed by atoms with E-state index in [0.717, 1.165) is 71.1 Å². The van der Waals surface area contributed by atoms with E-state index >= 15 is 0 Å². The number of furan rings is 1. The van der Waals surface area contributed by atoms with Gasteiger partial charge in [0.15, 0.2) is 6.61 Å². The lowest BCUT2D eigenvalue weighted by atomic mass is 10.1. The molecule has 232 valence electrons. The van der Waals surface area contributed by atoms with Gasteiger partial charge in [0.25, 0.3) is 11.4 Å². The quantitative estimate of drug-likeness (QED) is 0.134. The lowest BCUT2D eigenvalue weighted by molar-refractivity contribution is -0.616. The van der Waals surface area contributed by atoms with Crippen LogP contribution in [-0.4, -0.2) is 74.7 Å². The average molecular weight is 700 g/mol. The molecule has 9 heteroatoms. The van der Waals surface area contributed by atoms with Crippen molar-refractivity contribution in [3.8, 4) is 5.75 Å². The van der Waals surface area contributed by atoms with Crippen LogP contribution in [-0.2, 0) is 11.8 Å². The van der Waals surface area contributed by atoms with Gasteiger partial charge in [-0.2, -0.15) is 4.57 Å². The lowest BCUT2D eigenvalue weighted by Crippen LogP contribution is -3.00. The molecule has 2 aliphatic heterocycles. The standard InChI is InChI=1S/C34H45N5O3.HI/c1-37-29-13-5-4-12-27(29)32(36-17-11-23-39-20-8-3-9-21-39)34-33(37)28-24-26(14-15-30(28)42-34)41-25-31(40)35-16-10-22-38-18-6-2-7-19-38;/h4-5,12-15,24H,2-3,6-11,16-23,25H2,1H3,(H,35,40);1H. The van der Waals surface area contributed by atoms with E-state index in [-0.39, 0.29) is 36.5 Å². The van der Waals surface area contributed by atoms with Gasteiger partial charge >= 0.3 is 0 Å². The van der Waals surface area contributed by atoms with Gasteiger partial charge in [0.1, 0.15) is 18.4 Å². The number of aromatic nitrogens is 1. The Morgan fingerprint density at radius 1 is 0.884 bits per heavy atom. The number of hydrogen-bond donors (Lipinski definition) is 2. The molecule has 6 rings (SSSR count). The molecule has 2 aromatic carbocycles. The first-order chi connectivity index (χ1) is 20.7. The number of halogens is 1. The molecule has 4 heterocycles. The minimum absolute atomic E-state index is 0. The van der Waals surface area contributed by atoms with Gasteiger partial charge in [-0.1, -0.05) is 25.0 Å². The summed E-state index contributed by atoms with van der Waals surface area (Å²) in [6.45, 7) is 8.57. The summed E-state index contributed by atoms with van der Waals surface area (Å²) in [6.07, 6.45) is 10.0. The Bertz CT molecular complexity index is 1510. The number of anilines is 1. The van der Waals surface area contributed by atoms with Crippen LogP contribution < -0.4 is 43.9 Å². The molecule has 2 N–H and O–H groups in total. The van der Waals surface area contributed by atoms with Crippen molar-refractivity contribution in [1.82, 2.24) is 15.1 Å². The fourth-order valence-corrected chi connectivity index (χ4v) is 6.66. The SMILES string of the molecule is C[n+]1c2ccccc2c(NCCCN2CCCCC2)c2oc3ccc(OCC(=O)NCCCN4CCCCC4)cc3c21.[I-]. The summed E-state index contributed by atoms with van der Waals surface area (Å²) >= 11 is 0. The molecule has 0 spiro atoms. The van der Waals surface area contributed by atoms with E-state index in [1.807, 2.05) is 18.2 Å². The first kappa shape index (κ1) is 31.8. The highest BCUT2D eigenvalue weighted by atomic mass is 127. The minimum Gasteiger partial charge on any atom is -1.00 e. The van der Waals surface area contributed by atoms with Crippen LogP contribution in [0.25, 0.3) is 33.0 Å². The van der Waals surface area contributed by atoms with Crippen LogP contribution in [0.2, 0.25) is 0 Å². The Labute approximate surface area is 272 Å². The molecule has 0 unspecified atom stereocenters. The van der Waals surface area contributed by atoms with Crippen LogP contribution in [0.5, 0.6) is 5.75 Å². The summed E-state index contributed by atoms with van der Waals surface area (Å²) in [5, 5.41) is 8.88. The Kier molecular flexibility index (Phi) is 11.4. The topological polar surface area (TPSA) is 73.9 Å². The van der Waals surface area contributed by atoms with Gasteiger partial charge in [-0.25, -0.2) is 0 Å². The van der Waals surface area contributed by atoms with Gasteiger partial charge in [0.05, 0.1) is 16.5 Å². The smallest absolute Gasteiger partial charge is 0.261 e. The molecule has 2 aromatic heterocycles. The van der Waals surface area contributed by atoms with Crippen LogP contribution in [0.3, 0.4) is 0 Å². The third-order valence-electron chi connectivity index (χ3n) is 8.92. The summed E-state index contributed by atoms with van der Waals surface area (Å²) in [5.74, 6) is 0.580. The first-order valence-corrected chi connectivity index (χ1v) is 16.0. The summed E-state index contributed by atoms with van der Waals surface area (Å²) in [6, 6.07) is 14.3. The number of rotatable bonds is 12. The highest BCUT2D eigenvalue weighted by Gasteiger charge is 2.25. The molecule has 4 aromatic rings. The predicted octanol–water partition coefficient (Wildman–Crippen LogP) is 2.23. The van der Waals surface area contributed by atoms with Crippen molar-refractivity contribution in [3.63, 3.8) is 0 Å². The molecule has 0 aliphatic carbocycles. The second-order valence-electron chi connectivity index (χ2n) is 12.0. The lowest BCUT2D eigenvalue weighted by Gasteiger charge is -2.26. The minimum atomic E-state index is -0.0848. The molecule has 0 bridgehead atoms. The van der Waals surface area contributed by atoms with Crippen LogP contribution in [0.4, 0.5) is 5.69 Å². The first-order valence-electron chi connectivity index (χ1n) is 16.0. The normalized spacial score (nSPS) is 16.4. The van der Waals surface area contributed by atoms with Gasteiger partial charge in [-0.15, -0.1) is 0 Å². The Morgan fingerprint density at radius 3 is 2.28 bits per heavy atom. The zero-order valence-electron chi connectivity index (χ0n) is 25.5. The van der Waals surface area contributed by atoms with Gasteiger partial charge < -0.3 is 53.6 Å². The average Bonchev–Trinajstić information content (AvgIpc) is 3.42. The number of para-hydroxylation sites is 1. The number of fused-ring (bicyclic) bond motifs is 4. The number of ether oxygens (including phenoxy) is 1.